The van der Waals surface area contributed by atoms with Crippen LogP contribution in [0.15, 0.2) is 29.2 Å². The highest BCUT2D eigenvalue weighted by molar-refractivity contribution is 7.89. The van der Waals surface area contributed by atoms with Crippen molar-refractivity contribution >= 4 is 15.9 Å². The fourth-order valence-electron chi connectivity index (χ4n) is 2.57. The fourth-order valence-corrected chi connectivity index (χ4v) is 4.24. The van der Waals surface area contributed by atoms with Crippen LogP contribution in [0.2, 0.25) is 0 Å². The monoisotopic (exact) mass is 310 g/mol. The first kappa shape index (κ1) is 16.0. The molecule has 1 heterocycles. The molecule has 0 aromatic heterocycles. The molecule has 21 heavy (non-hydrogen) atoms. The highest BCUT2D eigenvalue weighted by atomic mass is 32.2. The van der Waals surface area contributed by atoms with Crippen molar-refractivity contribution in [3.8, 4) is 0 Å². The Morgan fingerprint density at radius 3 is 2.29 bits per heavy atom. The number of amides is 1. The number of benzene rings is 1. The Morgan fingerprint density at radius 1 is 1.24 bits per heavy atom. The Kier molecular flexibility index (Phi) is 4.13. The summed E-state index contributed by atoms with van der Waals surface area (Å²) in [6.07, 6.45) is 1.15. The van der Waals surface area contributed by atoms with E-state index in [1.54, 1.807) is 12.1 Å². The van der Waals surface area contributed by atoms with Crippen molar-refractivity contribution in [2.75, 3.05) is 6.54 Å². The predicted molar refractivity (Wildman–Crippen MR) is 81.3 cm³/mol. The molecule has 116 valence electrons. The van der Waals surface area contributed by atoms with Crippen LogP contribution >= 0.6 is 0 Å². The van der Waals surface area contributed by atoms with Gasteiger partial charge in [0.25, 0.3) is 0 Å². The molecule has 0 radical (unpaired) electrons. The Morgan fingerprint density at radius 2 is 1.81 bits per heavy atom. The van der Waals surface area contributed by atoms with Crippen molar-refractivity contribution < 1.29 is 13.2 Å². The van der Waals surface area contributed by atoms with Crippen LogP contribution in [-0.2, 0) is 20.2 Å². The summed E-state index contributed by atoms with van der Waals surface area (Å²) in [5.41, 5.74) is 6.33. The molecule has 0 unspecified atom stereocenters. The van der Waals surface area contributed by atoms with Crippen LogP contribution in [-0.4, -0.2) is 31.2 Å². The molecule has 2 N–H and O–H groups in total. The van der Waals surface area contributed by atoms with Crippen LogP contribution in [0.1, 0.15) is 39.2 Å². The molecule has 0 aliphatic carbocycles. The molecule has 1 aliphatic heterocycles. The average Bonchev–Trinajstić information content (AvgIpc) is 2.88. The van der Waals surface area contributed by atoms with Crippen molar-refractivity contribution in [2.24, 2.45) is 5.73 Å². The third kappa shape index (κ3) is 3.11. The highest BCUT2D eigenvalue weighted by Crippen LogP contribution is 2.28. The van der Waals surface area contributed by atoms with Crippen LogP contribution < -0.4 is 5.73 Å². The van der Waals surface area contributed by atoms with Gasteiger partial charge in [0.2, 0.25) is 15.9 Å². The zero-order chi connectivity index (χ0) is 15.8. The van der Waals surface area contributed by atoms with Crippen molar-refractivity contribution in [3.63, 3.8) is 0 Å². The van der Waals surface area contributed by atoms with Gasteiger partial charge in [0.05, 0.1) is 4.90 Å². The SMILES string of the molecule is CC(C)(C)c1ccc(S(=O)(=O)N2CCC[C@H]2C(N)=O)cc1. The van der Waals surface area contributed by atoms with E-state index in [9.17, 15) is 13.2 Å². The largest absolute Gasteiger partial charge is 0.368 e. The van der Waals surface area contributed by atoms with Gasteiger partial charge in [0.15, 0.2) is 0 Å². The number of primary amides is 1. The third-order valence-corrected chi connectivity index (χ3v) is 5.78. The molecule has 5 nitrogen and oxygen atoms in total. The van der Waals surface area contributed by atoms with Crippen molar-refractivity contribution in [3.05, 3.63) is 29.8 Å². The normalized spacial score (nSPS) is 20.6. The molecular weight excluding hydrogens is 288 g/mol. The molecule has 0 spiro atoms. The van der Waals surface area contributed by atoms with E-state index in [4.69, 9.17) is 5.73 Å². The molecule has 1 fully saturated rings. The summed E-state index contributed by atoms with van der Waals surface area (Å²) in [7, 11) is -3.66. The van der Waals surface area contributed by atoms with Crippen molar-refractivity contribution in [2.45, 2.75) is 50.0 Å². The summed E-state index contributed by atoms with van der Waals surface area (Å²) in [4.78, 5) is 11.6. The molecule has 1 aromatic rings. The van der Waals surface area contributed by atoms with Gasteiger partial charge in [-0.3, -0.25) is 4.79 Å². The molecule has 1 aromatic carbocycles. The standard InChI is InChI=1S/C15H22N2O3S/c1-15(2,3)11-6-8-12(9-7-11)21(19,20)17-10-4-5-13(17)14(16)18/h6-9,13H,4-5,10H2,1-3H3,(H2,16,18)/t13-/m0/s1. The molecule has 1 aliphatic rings. The topological polar surface area (TPSA) is 80.5 Å². The van der Waals surface area contributed by atoms with Crippen molar-refractivity contribution in [1.29, 1.82) is 0 Å². The second-order valence-corrected chi connectivity index (χ2v) is 8.34. The van der Waals surface area contributed by atoms with E-state index in [2.05, 4.69) is 20.8 Å². The van der Waals surface area contributed by atoms with Crippen LogP contribution in [0.5, 0.6) is 0 Å². The maximum absolute atomic E-state index is 12.6. The van der Waals surface area contributed by atoms with E-state index in [-0.39, 0.29) is 10.3 Å². The molecule has 0 saturated carbocycles. The van der Waals surface area contributed by atoms with Crippen LogP contribution in [0.3, 0.4) is 0 Å². The van der Waals surface area contributed by atoms with Crippen LogP contribution in [0.4, 0.5) is 0 Å². The minimum atomic E-state index is -3.66. The Hall–Kier alpha value is -1.40. The molecule has 1 amide bonds. The Balaban J connectivity index is 2.34. The number of carbonyl (C=O) groups is 1. The highest BCUT2D eigenvalue weighted by Gasteiger charge is 2.38. The molecular formula is C15H22N2O3S. The van der Waals surface area contributed by atoms with Crippen LogP contribution in [0, 0.1) is 0 Å². The van der Waals surface area contributed by atoms with Crippen molar-refractivity contribution in [1.82, 2.24) is 4.31 Å². The van der Waals surface area contributed by atoms with Gasteiger partial charge in [-0.05, 0) is 36.0 Å². The number of hydrogen-bond donors (Lipinski definition) is 1. The van der Waals surface area contributed by atoms with Gasteiger partial charge in [-0.15, -0.1) is 0 Å². The first-order valence-electron chi connectivity index (χ1n) is 7.06. The van der Waals surface area contributed by atoms with E-state index in [0.717, 1.165) is 5.56 Å². The number of nitrogens with two attached hydrogens (primary N) is 1. The van der Waals surface area contributed by atoms with E-state index < -0.39 is 22.0 Å². The Bertz CT molecular complexity index is 630. The second kappa shape index (κ2) is 5.42. The molecule has 0 bridgehead atoms. The minimum absolute atomic E-state index is 0.0360. The maximum atomic E-state index is 12.6. The van der Waals surface area contributed by atoms with Gasteiger partial charge in [0, 0.05) is 6.54 Å². The molecule has 6 heteroatoms. The van der Waals surface area contributed by atoms with Gasteiger partial charge in [-0.25, -0.2) is 8.42 Å². The zero-order valence-corrected chi connectivity index (χ0v) is 13.5. The Labute approximate surface area is 126 Å². The number of carbonyl (C=O) groups excluding carboxylic acids is 1. The maximum Gasteiger partial charge on any atom is 0.243 e. The zero-order valence-electron chi connectivity index (χ0n) is 12.7. The van der Waals surface area contributed by atoms with Gasteiger partial charge in [-0.2, -0.15) is 4.31 Å². The van der Waals surface area contributed by atoms with E-state index in [0.29, 0.717) is 19.4 Å². The number of nitrogens with zero attached hydrogens (tertiary/aromatic N) is 1. The summed E-state index contributed by atoms with van der Waals surface area (Å²) >= 11 is 0. The first-order chi connectivity index (χ1) is 9.64. The second-order valence-electron chi connectivity index (χ2n) is 6.45. The fraction of sp³-hybridized carbons (Fsp3) is 0.533. The summed E-state index contributed by atoms with van der Waals surface area (Å²) in [6.45, 7) is 6.55. The van der Waals surface area contributed by atoms with E-state index in [1.807, 2.05) is 12.1 Å². The van der Waals surface area contributed by atoms with Gasteiger partial charge in [0.1, 0.15) is 6.04 Å². The molecule has 1 atom stereocenters. The summed E-state index contributed by atoms with van der Waals surface area (Å²) in [5.74, 6) is -0.581. The van der Waals surface area contributed by atoms with Gasteiger partial charge < -0.3 is 5.73 Å². The summed E-state index contributed by atoms with van der Waals surface area (Å²) in [6, 6.07) is 6.13. The molecule has 1 saturated heterocycles. The lowest BCUT2D eigenvalue weighted by Crippen LogP contribution is -2.43. The lowest BCUT2D eigenvalue weighted by molar-refractivity contribution is -0.121. The van der Waals surface area contributed by atoms with Gasteiger partial charge >= 0.3 is 0 Å². The van der Waals surface area contributed by atoms with E-state index in [1.165, 1.54) is 4.31 Å². The quantitative estimate of drug-likeness (QED) is 0.921. The third-order valence-electron chi connectivity index (χ3n) is 3.86. The van der Waals surface area contributed by atoms with Crippen LogP contribution in [0.25, 0.3) is 0 Å². The molecule has 2 rings (SSSR count). The lowest BCUT2D eigenvalue weighted by Gasteiger charge is -2.23. The smallest absolute Gasteiger partial charge is 0.243 e. The average molecular weight is 310 g/mol. The summed E-state index contributed by atoms with van der Waals surface area (Å²) in [5, 5.41) is 0. The van der Waals surface area contributed by atoms with E-state index >= 15 is 0 Å². The first-order valence-corrected chi connectivity index (χ1v) is 8.50. The number of rotatable bonds is 3. The summed E-state index contributed by atoms with van der Waals surface area (Å²) < 4.78 is 26.5. The predicted octanol–water partition coefficient (Wildman–Crippen LogP) is 1.62. The lowest BCUT2D eigenvalue weighted by atomic mass is 9.87. The van der Waals surface area contributed by atoms with Gasteiger partial charge in [-0.1, -0.05) is 32.9 Å². The number of sulfonamides is 1. The minimum Gasteiger partial charge on any atom is -0.368 e. The number of hydrogen-bond acceptors (Lipinski definition) is 3.